The van der Waals surface area contributed by atoms with Crippen LogP contribution in [0.2, 0.25) is 6.55 Å². The summed E-state index contributed by atoms with van der Waals surface area (Å²) in [5.74, 6) is 5.41. The SMILES string of the molecule is C=C1C[C@H]2[C@@H]3CC=C4C=C(O)CC[C@]4(C)[C@H]3CC[C@]2(C)[C@]1(O)C#C[Si]C. The van der Waals surface area contributed by atoms with Crippen LogP contribution in [0, 0.1) is 40.0 Å². The monoisotopic (exact) mass is 366 g/mol. The van der Waals surface area contributed by atoms with Gasteiger partial charge in [0.05, 0.1) is 5.76 Å². The molecular weight excluding hydrogens is 336 g/mol. The molecule has 138 valence electrons. The summed E-state index contributed by atoms with van der Waals surface area (Å²) in [5.41, 5.74) is 4.38. The van der Waals surface area contributed by atoms with Gasteiger partial charge in [-0.05, 0) is 72.5 Å². The molecule has 26 heavy (non-hydrogen) atoms. The van der Waals surface area contributed by atoms with E-state index in [9.17, 15) is 10.2 Å². The second-order valence-corrected chi connectivity index (χ2v) is 10.0. The average molecular weight is 367 g/mol. The number of hydrogen-bond donors (Lipinski definition) is 2. The molecule has 6 atom stereocenters. The molecule has 4 rings (SSSR count). The van der Waals surface area contributed by atoms with Gasteiger partial charge < -0.3 is 10.2 Å². The standard InChI is InChI=1S/C23H30O2Si/c1-15-13-20-18-6-5-16-14-17(24)7-9-21(16,2)19(18)8-10-22(20,3)23(15,25)11-12-26-4/h5,14,18-20,24-25H,1,6-10,13H2,2-4H3/t18-,19+,20+,21+,22+,23+/m1/s1. The normalized spacial score (nSPS) is 46.9. The van der Waals surface area contributed by atoms with E-state index in [-0.39, 0.29) is 10.8 Å². The van der Waals surface area contributed by atoms with Gasteiger partial charge in [0.25, 0.3) is 0 Å². The maximum Gasteiger partial charge on any atom is 0.151 e. The Morgan fingerprint density at radius 1 is 1.27 bits per heavy atom. The lowest BCUT2D eigenvalue weighted by Gasteiger charge is -2.57. The first-order valence-electron chi connectivity index (χ1n) is 9.96. The van der Waals surface area contributed by atoms with Crippen LogP contribution >= 0.6 is 0 Å². The zero-order valence-corrected chi connectivity index (χ0v) is 17.2. The van der Waals surface area contributed by atoms with E-state index < -0.39 is 5.60 Å². The van der Waals surface area contributed by atoms with E-state index in [1.807, 2.05) is 6.08 Å². The molecule has 0 bridgehead atoms. The molecule has 4 aliphatic carbocycles. The summed E-state index contributed by atoms with van der Waals surface area (Å²) < 4.78 is 0. The Kier molecular flexibility index (Phi) is 4.10. The minimum Gasteiger partial charge on any atom is -0.512 e. The topological polar surface area (TPSA) is 40.5 Å². The summed E-state index contributed by atoms with van der Waals surface area (Å²) in [5, 5.41) is 21.5. The summed E-state index contributed by atoms with van der Waals surface area (Å²) >= 11 is 0. The molecule has 0 heterocycles. The highest BCUT2D eigenvalue weighted by molar-refractivity contribution is 6.44. The predicted molar refractivity (Wildman–Crippen MR) is 107 cm³/mol. The summed E-state index contributed by atoms with van der Waals surface area (Å²) in [6.07, 6.45) is 10.3. The zero-order chi connectivity index (χ0) is 18.7. The molecule has 4 aliphatic rings. The molecule has 0 amide bonds. The fourth-order valence-electron chi connectivity index (χ4n) is 6.66. The Hall–Kier alpha value is -1.24. The van der Waals surface area contributed by atoms with Crippen LogP contribution in [0.15, 0.2) is 35.6 Å². The van der Waals surface area contributed by atoms with Crippen molar-refractivity contribution in [2.45, 2.75) is 64.5 Å². The van der Waals surface area contributed by atoms with E-state index in [1.165, 1.54) is 5.57 Å². The number of aliphatic hydroxyl groups excluding tert-OH is 1. The summed E-state index contributed by atoms with van der Waals surface area (Å²) in [6, 6.07) is 0. The molecule has 0 spiro atoms. The second kappa shape index (κ2) is 5.88. The van der Waals surface area contributed by atoms with Crippen molar-refractivity contribution in [3.05, 3.63) is 35.6 Å². The minimum absolute atomic E-state index is 0.162. The minimum atomic E-state index is -1.03. The van der Waals surface area contributed by atoms with Crippen LogP contribution in [0.3, 0.4) is 0 Å². The molecule has 0 unspecified atom stereocenters. The fourth-order valence-corrected chi connectivity index (χ4v) is 6.96. The van der Waals surface area contributed by atoms with E-state index in [1.54, 1.807) is 0 Å². The third kappa shape index (κ3) is 2.21. The van der Waals surface area contributed by atoms with Gasteiger partial charge in [-0.3, -0.25) is 0 Å². The Bertz CT molecular complexity index is 769. The van der Waals surface area contributed by atoms with Crippen molar-refractivity contribution in [1.29, 1.82) is 0 Å². The van der Waals surface area contributed by atoms with Gasteiger partial charge in [-0.15, -0.1) is 5.54 Å². The fraction of sp³-hybridized carbons (Fsp3) is 0.652. The average Bonchev–Trinajstić information content (AvgIpc) is 2.81. The second-order valence-electron chi connectivity index (χ2n) is 9.30. The van der Waals surface area contributed by atoms with Gasteiger partial charge in [0, 0.05) is 11.8 Å². The van der Waals surface area contributed by atoms with E-state index in [4.69, 9.17) is 0 Å². The Morgan fingerprint density at radius 2 is 2.04 bits per heavy atom. The predicted octanol–water partition coefficient (Wildman–Crippen LogP) is 4.61. The molecule has 3 heteroatoms. The molecule has 2 nitrogen and oxygen atoms in total. The highest BCUT2D eigenvalue weighted by atomic mass is 28.2. The molecule has 2 saturated carbocycles. The number of allylic oxidation sites excluding steroid dienone is 4. The first-order valence-corrected chi connectivity index (χ1v) is 11.5. The largest absolute Gasteiger partial charge is 0.512 e. The highest BCUT2D eigenvalue weighted by Crippen LogP contribution is 2.67. The highest BCUT2D eigenvalue weighted by Gasteiger charge is 2.64. The molecular formula is C23H30O2Si. The van der Waals surface area contributed by atoms with Gasteiger partial charge >= 0.3 is 0 Å². The van der Waals surface area contributed by atoms with Gasteiger partial charge in [-0.2, -0.15) is 0 Å². The Labute approximate surface area is 160 Å². The van der Waals surface area contributed by atoms with Crippen molar-refractivity contribution in [2.24, 2.45) is 28.6 Å². The Balaban J connectivity index is 1.73. The first kappa shape index (κ1) is 18.1. The molecule has 0 aromatic heterocycles. The van der Waals surface area contributed by atoms with Gasteiger partial charge in [0.2, 0.25) is 0 Å². The van der Waals surface area contributed by atoms with E-state index >= 15 is 0 Å². The van der Waals surface area contributed by atoms with Gasteiger partial charge in [-0.1, -0.05) is 39.0 Å². The van der Waals surface area contributed by atoms with Gasteiger partial charge in [-0.25, -0.2) is 0 Å². The maximum atomic E-state index is 11.5. The van der Waals surface area contributed by atoms with Gasteiger partial charge in [0.15, 0.2) is 5.60 Å². The third-order valence-electron chi connectivity index (χ3n) is 8.31. The Morgan fingerprint density at radius 3 is 2.77 bits per heavy atom. The lowest BCUT2D eigenvalue weighted by atomic mass is 9.47. The number of hydrogen-bond acceptors (Lipinski definition) is 2. The summed E-state index contributed by atoms with van der Waals surface area (Å²) in [7, 11) is 0.534. The molecule has 2 fully saturated rings. The lowest BCUT2D eigenvalue weighted by Crippen LogP contribution is -2.54. The van der Waals surface area contributed by atoms with Crippen LogP contribution in [-0.2, 0) is 0 Å². The number of rotatable bonds is 0. The number of fused-ring (bicyclic) bond motifs is 5. The molecule has 2 N–H and O–H groups in total. The van der Waals surface area contributed by atoms with Crippen molar-refractivity contribution >= 4 is 9.52 Å². The van der Waals surface area contributed by atoms with Crippen LogP contribution in [0.25, 0.3) is 0 Å². The number of aliphatic hydroxyl groups is 2. The van der Waals surface area contributed by atoms with Crippen LogP contribution < -0.4 is 0 Å². The molecule has 0 aromatic rings. The maximum absolute atomic E-state index is 11.5. The van der Waals surface area contributed by atoms with Crippen molar-refractivity contribution in [1.82, 2.24) is 0 Å². The van der Waals surface area contributed by atoms with Crippen LogP contribution in [-0.4, -0.2) is 25.3 Å². The molecule has 0 aliphatic heterocycles. The van der Waals surface area contributed by atoms with Crippen molar-refractivity contribution < 1.29 is 10.2 Å². The first-order chi connectivity index (χ1) is 12.3. The van der Waals surface area contributed by atoms with Crippen molar-refractivity contribution in [2.75, 3.05) is 0 Å². The van der Waals surface area contributed by atoms with Crippen molar-refractivity contribution in [3.8, 4) is 11.5 Å². The zero-order valence-electron chi connectivity index (χ0n) is 16.2. The lowest BCUT2D eigenvalue weighted by molar-refractivity contribution is -0.0853. The smallest absolute Gasteiger partial charge is 0.151 e. The third-order valence-corrected chi connectivity index (χ3v) is 8.68. The van der Waals surface area contributed by atoms with E-state index in [0.29, 0.717) is 33.0 Å². The van der Waals surface area contributed by atoms with Crippen LogP contribution in [0.5, 0.6) is 0 Å². The van der Waals surface area contributed by atoms with Gasteiger partial charge in [0.1, 0.15) is 9.52 Å². The van der Waals surface area contributed by atoms with Crippen LogP contribution in [0.4, 0.5) is 0 Å². The quantitative estimate of drug-likeness (QED) is 0.373. The molecule has 0 saturated heterocycles. The van der Waals surface area contributed by atoms with Crippen molar-refractivity contribution in [3.63, 3.8) is 0 Å². The van der Waals surface area contributed by atoms with E-state index in [0.717, 1.165) is 44.1 Å². The van der Waals surface area contributed by atoms with E-state index in [2.05, 4.69) is 44.5 Å². The summed E-state index contributed by atoms with van der Waals surface area (Å²) in [4.78, 5) is 0. The summed E-state index contributed by atoms with van der Waals surface area (Å²) in [6.45, 7) is 11.0. The molecule has 2 radical (unpaired) electrons. The van der Waals surface area contributed by atoms with Crippen LogP contribution in [0.1, 0.15) is 52.4 Å². The molecule has 0 aromatic carbocycles.